The number of rotatable bonds is 0. The zero-order valence-corrected chi connectivity index (χ0v) is 9.23. The minimum absolute atomic E-state index is 0.248. The van der Waals surface area contributed by atoms with E-state index in [4.69, 9.17) is 23.2 Å². The second-order valence-corrected chi connectivity index (χ2v) is 6.11. The molecule has 0 aromatic heterocycles. The highest BCUT2D eigenvalue weighted by Crippen LogP contribution is 2.82. The molecule has 2 aliphatic carbocycles. The van der Waals surface area contributed by atoms with Crippen LogP contribution < -0.4 is 0 Å². The third-order valence-corrected chi connectivity index (χ3v) is 5.89. The van der Waals surface area contributed by atoms with Gasteiger partial charge < -0.3 is 10.2 Å². The maximum absolute atomic E-state index is 9.52. The maximum Gasteiger partial charge on any atom is 0.130 e. The van der Waals surface area contributed by atoms with E-state index < -0.39 is 16.5 Å². The third kappa shape index (κ3) is 0.883. The van der Waals surface area contributed by atoms with Crippen LogP contribution in [0.15, 0.2) is 0 Å². The average Bonchev–Trinajstić information content (AvgIpc) is 2.30. The average molecular weight is 225 g/mol. The lowest BCUT2D eigenvalue weighted by Crippen LogP contribution is -2.36. The van der Waals surface area contributed by atoms with Crippen molar-refractivity contribution in [2.75, 3.05) is 0 Å². The highest BCUT2D eigenvalue weighted by Gasteiger charge is 2.83. The molecule has 0 radical (unpaired) electrons. The fourth-order valence-electron chi connectivity index (χ4n) is 2.76. The Bertz CT molecular complexity index is 232. The normalized spacial score (nSPS) is 58.6. The lowest BCUT2D eigenvalue weighted by molar-refractivity contribution is -0.0408. The topological polar surface area (TPSA) is 40.5 Å². The molecule has 0 aromatic rings. The van der Waals surface area contributed by atoms with Gasteiger partial charge in [-0.2, -0.15) is 0 Å². The molecule has 0 saturated heterocycles. The Labute approximate surface area is 87.8 Å². The molecule has 0 heterocycles. The van der Waals surface area contributed by atoms with Crippen molar-refractivity contribution in [3.8, 4) is 0 Å². The molecule has 2 rings (SSSR count). The smallest absolute Gasteiger partial charge is 0.130 e. The van der Waals surface area contributed by atoms with Gasteiger partial charge in [-0.25, -0.2) is 0 Å². The standard InChI is InChI=1S/C9H14Cl2O2/c1-7-3-5(12)6(13)4-8(7,2)9(7,10)11/h5-6,12-13H,3-4H2,1-2H3/t5-,6+,7-,8+. The summed E-state index contributed by atoms with van der Waals surface area (Å²) < 4.78 is -0.793. The van der Waals surface area contributed by atoms with Crippen molar-refractivity contribution < 1.29 is 10.2 Å². The first-order valence-corrected chi connectivity index (χ1v) is 5.26. The number of hydrogen-bond donors (Lipinski definition) is 2. The van der Waals surface area contributed by atoms with Crippen molar-refractivity contribution in [3.05, 3.63) is 0 Å². The minimum Gasteiger partial charge on any atom is -0.390 e. The highest BCUT2D eigenvalue weighted by molar-refractivity contribution is 6.52. The molecule has 13 heavy (non-hydrogen) atoms. The predicted molar refractivity (Wildman–Crippen MR) is 51.9 cm³/mol. The third-order valence-electron chi connectivity index (χ3n) is 4.22. The molecule has 2 nitrogen and oxygen atoms in total. The number of fused-ring (bicyclic) bond motifs is 1. The van der Waals surface area contributed by atoms with Crippen LogP contribution in [0.5, 0.6) is 0 Å². The van der Waals surface area contributed by atoms with Crippen LogP contribution in [-0.4, -0.2) is 26.8 Å². The van der Waals surface area contributed by atoms with Crippen LogP contribution in [-0.2, 0) is 0 Å². The van der Waals surface area contributed by atoms with E-state index >= 15 is 0 Å². The van der Waals surface area contributed by atoms with Crippen LogP contribution >= 0.6 is 23.2 Å². The Hall–Kier alpha value is 0.500. The summed E-state index contributed by atoms with van der Waals surface area (Å²) in [5.41, 5.74) is -0.497. The van der Waals surface area contributed by atoms with E-state index in [-0.39, 0.29) is 10.8 Å². The number of halogens is 2. The molecule has 4 atom stereocenters. The van der Waals surface area contributed by atoms with Crippen molar-refractivity contribution in [2.24, 2.45) is 10.8 Å². The van der Waals surface area contributed by atoms with Gasteiger partial charge in [-0.1, -0.05) is 13.8 Å². The van der Waals surface area contributed by atoms with Gasteiger partial charge in [0.1, 0.15) is 4.33 Å². The highest BCUT2D eigenvalue weighted by atomic mass is 35.5. The van der Waals surface area contributed by atoms with Gasteiger partial charge >= 0.3 is 0 Å². The van der Waals surface area contributed by atoms with Crippen molar-refractivity contribution in [1.82, 2.24) is 0 Å². The van der Waals surface area contributed by atoms with Gasteiger partial charge in [-0.05, 0) is 12.8 Å². The predicted octanol–water partition coefficient (Wildman–Crippen LogP) is 1.70. The summed E-state index contributed by atoms with van der Waals surface area (Å²) in [6.45, 7) is 3.95. The number of hydrogen-bond acceptors (Lipinski definition) is 2. The Balaban J connectivity index is 2.31. The van der Waals surface area contributed by atoms with Gasteiger partial charge in [-0.3, -0.25) is 0 Å². The molecule has 76 valence electrons. The second kappa shape index (κ2) is 2.35. The molecule has 0 unspecified atom stereocenters. The molecular formula is C9H14Cl2O2. The lowest BCUT2D eigenvalue weighted by Gasteiger charge is -2.31. The number of alkyl halides is 2. The molecule has 0 amide bonds. The molecule has 0 aliphatic heterocycles. The van der Waals surface area contributed by atoms with Gasteiger partial charge in [0, 0.05) is 10.8 Å². The van der Waals surface area contributed by atoms with E-state index in [2.05, 4.69) is 0 Å². The van der Waals surface area contributed by atoms with E-state index in [1.807, 2.05) is 13.8 Å². The zero-order valence-electron chi connectivity index (χ0n) is 7.72. The molecule has 2 aliphatic rings. The van der Waals surface area contributed by atoms with Gasteiger partial charge in [0.15, 0.2) is 0 Å². The molecule has 2 N–H and O–H groups in total. The Morgan fingerprint density at radius 1 is 1.00 bits per heavy atom. The monoisotopic (exact) mass is 224 g/mol. The van der Waals surface area contributed by atoms with E-state index in [0.29, 0.717) is 12.8 Å². The summed E-state index contributed by atoms with van der Waals surface area (Å²) in [6, 6.07) is 0. The van der Waals surface area contributed by atoms with E-state index in [9.17, 15) is 10.2 Å². The Morgan fingerprint density at radius 3 is 1.62 bits per heavy atom. The molecule has 2 saturated carbocycles. The number of aliphatic hydroxyl groups excluding tert-OH is 2. The van der Waals surface area contributed by atoms with Crippen molar-refractivity contribution in [2.45, 2.75) is 43.2 Å². The van der Waals surface area contributed by atoms with Crippen LogP contribution in [0.2, 0.25) is 0 Å². The van der Waals surface area contributed by atoms with Gasteiger partial charge in [-0.15, -0.1) is 23.2 Å². The van der Waals surface area contributed by atoms with Gasteiger partial charge in [0.25, 0.3) is 0 Å². The quantitative estimate of drug-likeness (QED) is 0.616. The van der Waals surface area contributed by atoms with Crippen LogP contribution in [0.1, 0.15) is 26.7 Å². The fraction of sp³-hybridized carbons (Fsp3) is 1.00. The van der Waals surface area contributed by atoms with Crippen LogP contribution in [0.4, 0.5) is 0 Å². The fourth-order valence-corrected chi connectivity index (χ4v) is 3.81. The Morgan fingerprint density at radius 2 is 1.31 bits per heavy atom. The minimum atomic E-state index is -0.793. The Kier molecular flexibility index (Phi) is 1.82. The van der Waals surface area contributed by atoms with E-state index in [0.717, 1.165) is 0 Å². The number of aliphatic hydroxyl groups is 2. The first-order valence-electron chi connectivity index (χ1n) is 4.50. The summed E-state index contributed by atoms with van der Waals surface area (Å²) in [4.78, 5) is 0. The molecule has 0 aromatic carbocycles. The van der Waals surface area contributed by atoms with E-state index in [1.165, 1.54) is 0 Å². The summed E-state index contributed by atoms with van der Waals surface area (Å²) in [5.74, 6) is 0. The van der Waals surface area contributed by atoms with Crippen molar-refractivity contribution >= 4 is 23.2 Å². The first kappa shape index (κ1) is 10.0. The second-order valence-electron chi connectivity index (χ2n) is 4.78. The summed E-state index contributed by atoms with van der Waals surface area (Å²) in [6.07, 6.45) is -0.398. The van der Waals surface area contributed by atoms with Crippen molar-refractivity contribution in [1.29, 1.82) is 0 Å². The van der Waals surface area contributed by atoms with Crippen LogP contribution in [0.25, 0.3) is 0 Å². The molecule has 2 fully saturated rings. The van der Waals surface area contributed by atoms with Crippen molar-refractivity contribution in [3.63, 3.8) is 0 Å². The van der Waals surface area contributed by atoms with Gasteiger partial charge in [0.05, 0.1) is 12.2 Å². The SMILES string of the molecule is C[C@@]12C[C@@H](O)[C@@H](O)C[C@]1(C)C2(Cl)Cl. The van der Waals surface area contributed by atoms with Crippen LogP contribution in [0.3, 0.4) is 0 Å². The molecule has 0 spiro atoms. The van der Waals surface area contributed by atoms with Crippen LogP contribution in [0, 0.1) is 10.8 Å². The largest absolute Gasteiger partial charge is 0.390 e. The lowest BCUT2D eigenvalue weighted by atomic mass is 9.79. The first-order chi connectivity index (χ1) is 5.76. The maximum atomic E-state index is 9.52. The summed E-state index contributed by atoms with van der Waals surface area (Å²) >= 11 is 12.3. The molecular weight excluding hydrogens is 211 g/mol. The molecule has 4 heteroatoms. The summed E-state index contributed by atoms with van der Waals surface area (Å²) in [5, 5.41) is 19.0. The molecule has 0 bridgehead atoms. The zero-order chi connectivity index (χ0) is 10.1. The van der Waals surface area contributed by atoms with Gasteiger partial charge in [0.2, 0.25) is 0 Å². The summed E-state index contributed by atoms with van der Waals surface area (Å²) in [7, 11) is 0. The van der Waals surface area contributed by atoms with E-state index in [1.54, 1.807) is 0 Å².